The number of Topliss-reactive ketones (excluding diaryl/α,β-unsaturated/α-hetero) is 1. The largest absolute Gasteiger partial charge is 0.506 e. The molecule has 0 unspecified atom stereocenters. The lowest BCUT2D eigenvalue weighted by Gasteiger charge is -2.12. The molecule has 0 aliphatic rings. The van der Waals surface area contributed by atoms with Crippen molar-refractivity contribution in [2.45, 2.75) is 25.9 Å². The van der Waals surface area contributed by atoms with E-state index >= 15 is 0 Å². The second kappa shape index (κ2) is 8.52. The molecule has 0 radical (unpaired) electrons. The standard InChI is InChI=1S/C22H18F3NO4/c1-2-30-19(29)10-9-17(27)21-18(28)12-14-6-4-8-16(20(14)26-21)13-5-3-7-15(11-13)22(23,24)25/h3-8,11-12,28H,2,9-10H2,1H3. The fraction of sp³-hybridized carbons (Fsp3) is 0.227. The third-order valence-corrected chi connectivity index (χ3v) is 4.45. The molecule has 1 aromatic heterocycles. The monoisotopic (exact) mass is 417 g/mol. The number of rotatable bonds is 6. The quantitative estimate of drug-likeness (QED) is 0.443. The molecule has 0 aliphatic carbocycles. The minimum Gasteiger partial charge on any atom is -0.506 e. The molecule has 1 heterocycles. The fourth-order valence-electron chi connectivity index (χ4n) is 3.06. The number of hydrogen-bond donors (Lipinski definition) is 1. The van der Waals surface area contributed by atoms with Gasteiger partial charge in [0.1, 0.15) is 11.4 Å². The number of ether oxygens (including phenoxy) is 1. The van der Waals surface area contributed by atoms with Crippen LogP contribution in [0.15, 0.2) is 48.5 Å². The highest BCUT2D eigenvalue weighted by Gasteiger charge is 2.30. The van der Waals surface area contributed by atoms with E-state index in [1.807, 2.05) is 0 Å². The van der Waals surface area contributed by atoms with E-state index in [4.69, 9.17) is 4.74 Å². The number of ketones is 1. The van der Waals surface area contributed by atoms with Gasteiger partial charge in [-0.3, -0.25) is 9.59 Å². The zero-order valence-electron chi connectivity index (χ0n) is 16.0. The molecule has 0 bridgehead atoms. The number of fused-ring (bicyclic) bond motifs is 1. The molecule has 0 atom stereocenters. The minimum atomic E-state index is -4.50. The van der Waals surface area contributed by atoms with Crippen LogP contribution in [0.3, 0.4) is 0 Å². The normalized spacial score (nSPS) is 11.5. The maximum absolute atomic E-state index is 13.1. The van der Waals surface area contributed by atoms with Crippen LogP contribution in [-0.4, -0.2) is 28.4 Å². The number of carbonyl (C=O) groups is 2. The zero-order valence-corrected chi connectivity index (χ0v) is 16.0. The summed E-state index contributed by atoms with van der Waals surface area (Å²) in [6, 6.07) is 11.0. The summed E-state index contributed by atoms with van der Waals surface area (Å²) in [5.74, 6) is -1.48. The van der Waals surface area contributed by atoms with Crippen molar-refractivity contribution in [3.63, 3.8) is 0 Å². The van der Waals surface area contributed by atoms with Crippen LogP contribution in [0.5, 0.6) is 5.75 Å². The highest BCUT2D eigenvalue weighted by molar-refractivity contribution is 6.02. The molecular formula is C22H18F3NO4. The van der Waals surface area contributed by atoms with Crippen LogP contribution in [0.25, 0.3) is 22.0 Å². The number of nitrogens with zero attached hydrogens (tertiary/aromatic N) is 1. The van der Waals surface area contributed by atoms with Crippen molar-refractivity contribution >= 4 is 22.7 Å². The molecule has 3 aromatic rings. The Labute approximate surface area is 170 Å². The summed E-state index contributed by atoms with van der Waals surface area (Å²) >= 11 is 0. The lowest BCUT2D eigenvalue weighted by Crippen LogP contribution is -2.09. The van der Waals surface area contributed by atoms with E-state index in [0.29, 0.717) is 10.9 Å². The predicted octanol–water partition coefficient (Wildman–Crippen LogP) is 5.15. The number of aromatic nitrogens is 1. The average Bonchev–Trinajstić information content (AvgIpc) is 2.70. The third-order valence-electron chi connectivity index (χ3n) is 4.45. The van der Waals surface area contributed by atoms with Crippen molar-refractivity contribution in [1.82, 2.24) is 4.98 Å². The van der Waals surface area contributed by atoms with Gasteiger partial charge in [0.25, 0.3) is 0 Å². The Morgan fingerprint density at radius 2 is 1.80 bits per heavy atom. The van der Waals surface area contributed by atoms with E-state index in [0.717, 1.165) is 12.1 Å². The number of benzene rings is 2. The van der Waals surface area contributed by atoms with Crippen LogP contribution in [0.4, 0.5) is 13.2 Å². The predicted molar refractivity (Wildman–Crippen MR) is 104 cm³/mol. The van der Waals surface area contributed by atoms with Crippen LogP contribution < -0.4 is 0 Å². The summed E-state index contributed by atoms with van der Waals surface area (Å²) in [5.41, 5.74) is -0.113. The molecule has 1 N–H and O–H groups in total. The number of pyridine rings is 1. The Bertz CT molecular complexity index is 1110. The third kappa shape index (κ3) is 4.59. The van der Waals surface area contributed by atoms with Gasteiger partial charge in [-0.15, -0.1) is 0 Å². The molecular weight excluding hydrogens is 399 g/mol. The number of hydrogen-bond acceptors (Lipinski definition) is 5. The average molecular weight is 417 g/mol. The molecule has 0 saturated carbocycles. The van der Waals surface area contributed by atoms with Gasteiger partial charge in [0.2, 0.25) is 0 Å². The Morgan fingerprint density at radius 3 is 2.50 bits per heavy atom. The molecule has 0 fully saturated rings. The molecule has 3 rings (SSSR count). The van der Waals surface area contributed by atoms with Crippen LogP contribution in [0, 0.1) is 0 Å². The Morgan fingerprint density at radius 1 is 1.07 bits per heavy atom. The summed E-state index contributed by atoms with van der Waals surface area (Å²) < 4.78 is 44.1. The van der Waals surface area contributed by atoms with Gasteiger partial charge in [-0.2, -0.15) is 13.2 Å². The number of para-hydroxylation sites is 1. The van der Waals surface area contributed by atoms with Gasteiger partial charge >= 0.3 is 12.1 Å². The maximum Gasteiger partial charge on any atom is 0.416 e. The number of aromatic hydroxyl groups is 1. The van der Waals surface area contributed by atoms with Gasteiger partial charge in [0.05, 0.1) is 24.1 Å². The molecule has 2 aromatic carbocycles. The van der Waals surface area contributed by atoms with E-state index in [2.05, 4.69) is 4.98 Å². The molecule has 5 nitrogen and oxygen atoms in total. The fourth-order valence-corrected chi connectivity index (χ4v) is 3.06. The summed E-state index contributed by atoms with van der Waals surface area (Å²) in [6.45, 7) is 1.83. The van der Waals surface area contributed by atoms with Crippen LogP contribution in [0.2, 0.25) is 0 Å². The molecule has 8 heteroatoms. The maximum atomic E-state index is 13.1. The zero-order chi connectivity index (χ0) is 21.9. The summed E-state index contributed by atoms with van der Waals surface area (Å²) in [7, 11) is 0. The molecule has 0 spiro atoms. The van der Waals surface area contributed by atoms with Crippen LogP contribution in [0.1, 0.15) is 35.8 Å². The second-order valence-corrected chi connectivity index (χ2v) is 6.54. The summed E-state index contributed by atoms with van der Waals surface area (Å²) in [5, 5.41) is 10.7. The van der Waals surface area contributed by atoms with Crippen molar-refractivity contribution in [3.8, 4) is 16.9 Å². The number of halogens is 3. The van der Waals surface area contributed by atoms with Gasteiger partial charge in [-0.1, -0.05) is 30.3 Å². The highest BCUT2D eigenvalue weighted by Crippen LogP contribution is 2.35. The first-order valence-corrected chi connectivity index (χ1v) is 9.20. The summed E-state index contributed by atoms with van der Waals surface area (Å²) in [6.07, 6.45) is -4.88. The Kier molecular flexibility index (Phi) is 6.05. The van der Waals surface area contributed by atoms with Crippen LogP contribution in [-0.2, 0) is 15.7 Å². The van der Waals surface area contributed by atoms with E-state index in [9.17, 15) is 27.9 Å². The van der Waals surface area contributed by atoms with Gasteiger partial charge in [-0.05, 0) is 30.7 Å². The molecule has 30 heavy (non-hydrogen) atoms. The number of carbonyl (C=O) groups excluding carboxylic acids is 2. The first-order valence-electron chi connectivity index (χ1n) is 9.20. The molecule has 0 amide bonds. The van der Waals surface area contributed by atoms with Crippen molar-refractivity contribution in [2.24, 2.45) is 0 Å². The van der Waals surface area contributed by atoms with Gasteiger partial charge in [0, 0.05) is 17.4 Å². The lowest BCUT2D eigenvalue weighted by atomic mass is 9.99. The first-order chi connectivity index (χ1) is 14.2. The van der Waals surface area contributed by atoms with Crippen LogP contribution >= 0.6 is 0 Å². The minimum absolute atomic E-state index is 0.166. The Balaban J connectivity index is 2.03. The Hall–Kier alpha value is -3.42. The van der Waals surface area contributed by atoms with Gasteiger partial charge in [-0.25, -0.2) is 4.98 Å². The highest BCUT2D eigenvalue weighted by atomic mass is 19.4. The van der Waals surface area contributed by atoms with E-state index in [1.54, 1.807) is 25.1 Å². The summed E-state index contributed by atoms with van der Waals surface area (Å²) in [4.78, 5) is 28.2. The molecule has 156 valence electrons. The van der Waals surface area contributed by atoms with E-state index in [1.165, 1.54) is 18.2 Å². The number of esters is 1. The molecule has 0 aliphatic heterocycles. The van der Waals surface area contributed by atoms with Crippen molar-refractivity contribution in [2.75, 3.05) is 6.61 Å². The molecule has 0 saturated heterocycles. The smallest absolute Gasteiger partial charge is 0.416 e. The van der Waals surface area contributed by atoms with Crippen molar-refractivity contribution in [3.05, 3.63) is 59.8 Å². The van der Waals surface area contributed by atoms with Gasteiger partial charge < -0.3 is 9.84 Å². The topological polar surface area (TPSA) is 76.5 Å². The second-order valence-electron chi connectivity index (χ2n) is 6.54. The van der Waals surface area contributed by atoms with E-state index < -0.39 is 23.5 Å². The van der Waals surface area contributed by atoms with Gasteiger partial charge in [0.15, 0.2) is 5.78 Å². The SMILES string of the molecule is CCOC(=O)CCC(=O)c1nc2c(-c3cccc(C(F)(F)F)c3)cccc2cc1O. The lowest BCUT2D eigenvalue weighted by molar-refractivity contribution is -0.143. The number of alkyl halides is 3. The van der Waals surface area contributed by atoms with Crippen molar-refractivity contribution in [1.29, 1.82) is 0 Å². The van der Waals surface area contributed by atoms with Crippen molar-refractivity contribution < 1.29 is 32.6 Å². The van der Waals surface area contributed by atoms with E-state index in [-0.39, 0.29) is 42.0 Å². The first kappa shape index (κ1) is 21.3.